The molecule has 92 valence electrons. The standard InChI is InChI=1S/C14H10N4S/c1-2-11(8-15-7-1)9-16-13-5-3-12(4-6-13)14-10-19-18-17-14/h1-10H. The van der Waals surface area contributed by atoms with Crippen LogP contribution in [0.2, 0.25) is 0 Å². The monoisotopic (exact) mass is 266 g/mol. The third-order valence-corrected chi connectivity index (χ3v) is 3.07. The Morgan fingerprint density at radius 1 is 1.11 bits per heavy atom. The van der Waals surface area contributed by atoms with Crippen LogP contribution in [0.1, 0.15) is 5.56 Å². The second-order valence-electron chi connectivity index (χ2n) is 3.88. The Balaban J connectivity index is 1.78. The fourth-order valence-corrected chi connectivity index (χ4v) is 2.08. The first-order chi connectivity index (χ1) is 9.42. The van der Waals surface area contributed by atoms with Gasteiger partial charge in [-0.2, -0.15) is 0 Å². The van der Waals surface area contributed by atoms with Crippen LogP contribution in [0.5, 0.6) is 0 Å². The van der Waals surface area contributed by atoms with E-state index < -0.39 is 0 Å². The van der Waals surface area contributed by atoms with Gasteiger partial charge in [-0.25, -0.2) is 0 Å². The van der Waals surface area contributed by atoms with Crippen molar-refractivity contribution in [3.63, 3.8) is 0 Å². The van der Waals surface area contributed by atoms with Gasteiger partial charge in [-0.05, 0) is 29.7 Å². The molecule has 0 bridgehead atoms. The first-order valence-electron chi connectivity index (χ1n) is 5.73. The number of benzene rings is 1. The molecular weight excluding hydrogens is 256 g/mol. The van der Waals surface area contributed by atoms with E-state index >= 15 is 0 Å². The van der Waals surface area contributed by atoms with Gasteiger partial charge in [-0.15, -0.1) is 5.10 Å². The first-order valence-corrected chi connectivity index (χ1v) is 6.57. The first kappa shape index (κ1) is 11.7. The lowest BCUT2D eigenvalue weighted by molar-refractivity contribution is 1.16. The van der Waals surface area contributed by atoms with E-state index in [9.17, 15) is 0 Å². The molecule has 0 atom stereocenters. The lowest BCUT2D eigenvalue weighted by atomic mass is 10.1. The van der Waals surface area contributed by atoms with Crippen molar-refractivity contribution < 1.29 is 0 Å². The molecule has 0 saturated carbocycles. The van der Waals surface area contributed by atoms with E-state index in [1.165, 1.54) is 11.5 Å². The van der Waals surface area contributed by atoms with E-state index in [0.29, 0.717) is 0 Å². The normalized spacial score (nSPS) is 10.9. The van der Waals surface area contributed by atoms with E-state index in [2.05, 4.69) is 19.6 Å². The van der Waals surface area contributed by atoms with Crippen LogP contribution in [-0.2, 0) is 0 Å². The largest absolute Gasteiger partial charge is 0.264 e. The summed E-state index contributed by atoms with van der Waals surface area (Å²) in [6.45, 7) is 0. The molecule has 1 aromatic carbocycles. The van der Waals surface area contributed by atoms with Crippen LogP contribution in [0.25, 0.3) is 11.3 Å². The third kappa shape index (κ3) is 2.89. The molecular formula is C14H10N4S. The summed E-state index contributed by atoms with van der Waals surface area (Å²) in [7, 11) is 0. The Morgan fingerprint density at radius 3 is 2.68 bits per heavy atom. The van der Waals surface area contributed by atoms with Crippen molar-refractivity contribution in [2.45, 2.75) is 0 Å². The molecule has 0 amide bonds. The Hall–Kier alpha value is -2.40. The molecule has 19 heavy (non-hydrogen) atoms. The number of nitrogens with zero attached hydrogens (tertiary/aromatic N) is 4. The highest BCUT2D eigenvalue weighted by Gasteiger charge is 1.99. The summed E-state index contributed by atoms with van der Waals surface area (Å²) < 4.78 is 3.85. The van der Waals surface area contributed by atoms with Gasteiger partial charge in [0.1, 0.15) is 5.69 Å². The van der Waals surface area contributed by atoms with Crippen molar-refractivity contribution in [3.8, 4) is 11.3 Å². The van der Waals surface area contributed by atoms with Gasteiger partial charge >= 0.3 is 0 Å². The Bertz CT molecular complexity index is 660. The Labute approximate surface area is 114 Å². The topological polar surface area (TPSA) is 51.0 Å². The average molecular weight is 266 g/mol. The number of pyridine rings is 1. The van der Waals surface area contributed by atoms with Crippen molar-refractivity contribution in [3.05, 3.63) is 59.7 Å². The maximum Gasteiger partial charge on any atom is 0.105 e. The molecule has 0 aliphatic carbocycles. The lowest BCUT2D eigenvalue weighted by Gasteiger charge is -1.97. The Kier molecular flexibility index (Phi) is 3.38. The summed E-state index contributed by atoms with van der Waals surface area (Å²) in [4.78, 5) is 8.44. The molecule has 0 fully saturated rings. The van der Waals surface area contributed by atoms with Gasteiger partial charge in [0, 0.05) is 35.1 Å². The predicted octanol–water partition coefficient (Wildman–Crippen LogP) is 3.35. The zero-order chi connectivity index (χ0) is 12.9. The van der Waals surface area contributed by atoms with Gasteiger partial charge in [-0.1, -0.05) is 22.7 Å². The van der Waals surface area contributed by atoms with Gasteiger partial charge in [-0.3, -0.25) is 9.98 Å². The van der Waals surface area contributed by atoms with Crippen LogP contribution in [-0.4, -0.2) is 20.8 Å². The molecule has 0 radical (unpaired) electrons. The number of hydrogen-bond acceptors (Lipinski definition) is 5. The van der Waals surface area contributed by atoms with Gasteiger partial charge in [0.15, 0.2) is 0 Å². The number of aromatic nitrogens is 3. The van der Waals surface area contributed by atoms with Crippen LogP contribution < -0.4 is 0 Å². The minimum absolute atomic E-state index is 0.896. The highest BCUT2D eigenvalue weighted by Crippen LogP contribution is 2.21. The van der Waals surface area contributed by atoms with E-state index in [1.54, 1.807) is 18.6 Å². The summed E-state index contributed by atoms with van der Waals surface area (Å²) in [5.74, 6) is 0. The van der Waals surface area contributed by atoms with Crippen LogP contribution in [0.15, 0.2) is 59.2 Å². The molecule has 0 aliphatic rings. The van der Waals surface area contributed by atoms with E-state index in [1.807, 2.05) is 41.8 Å². The lowest BCUT2D eigenvalue weighted by Crippen LogP contribution is -1.81. The Morgan fingerprint density at radius 2 is 2.00 bits per heavy atom. The van der Waals surface area contributed by atoms with Gasteiger partial charge in [0.05, 0.1) is 5.69 Å². The minimum atomic E-state index is 0.896. The summed E-state index contributed by atoms with van der Waals surface area (Å²) in [5, 5.41) is 5.96. The predicted molar refractivity (Wildman–Crippen MR) is 76.8 cm³/mol. The fourth-order valence-electron chi connectivity index (χ4n) is 1.61. The van der Waals surface area contributed by atoms with Crippen LogP contribution in [0.3, 0.4) is 0 Å². The molecule has 3 aromatic rings. The second-order valence-corrected chi connectivity index (χ2v) is 4.49. The quantitative estimate of drug-likeness (QED) is 0.683. The van der Waals surface area contributed by atoms with Crippen molar-refractivity contribution in [2.24, 2.45) is 4.99 Å². The average Bonchev–Trinajstić information content (AvgIpc) is 3.01. The van der Waals surface area contributed by atoms with E-state index in [4.69, 9.17) is 0 Å². The number of aliphatic imine (C=N–C) groups is 1. The molecule has 0 aliphatic heterocycles. The summed E-state index contributed by atoms with van der Waals surface area (Å²) in [6, 6.07) is 11.8. The summed E-state index contributed by atoms with van der Waals surface area (Å²) in [6.07, 6.45) is 5.32. The smallest absolute Gasteiger partial charge is 0.105 e. The SMILES string of the molecule is C(=Nc1ccc(-c2csnn2)cc1)c1cccnc1. The highest BCUT2D eigenvalue weighted by molar-refractivity contribution is 7.03. The molecule has 0 N–H and O–H groups in total. The van der Waals surface area contributed by atoms with E-state index in [-0.39, 0.29) is 0 Å². The third-order valence-electron chi connectivity index (χ3n) is 2.57. The molecule has 2 aromatic heterocycles. The van der Waals surface area contributed by atoms with Crippen LogP contribution in [0.4, 0.5) is 5.69 Å². The van der Waals surface area contributed by atoms with Crippen LogP contribution >= 0.6 is 11.5 Å². The maximum absolute atomic E-state index is 4.40. The van der Waals surface area contributed by atoms with Crippen molar-refractivity contribution >= 4 is 23.4 Å². The van der Waals surface area contributed by atoms with Crippen molar-refractivity contribution in [1.29, 1.82) is 0 Å². The van der Waals surface area contributed by atoms with Gasteiger partial charge in [0.2, 0.25) is 0 Å². The zero-order valence-corrected chi connectivity index (χ0v) is 10.8. The number of hydrogen-bond donors (Lipinski definition) is 0. The molecule has 4 nitrogen and oxygen atoms in total. The minimum Gasteiger partial charge on any atom is -0.264 e. The summed E-state index contributed by atoms with van der Waals surface area (Å²) in [5.41, 5.74) is 3.83. The molecule has 0 unspecified atom stereocenters. The van der Waals surface area contributed by atoms with Crippen molar-refractivity contribution in [2.75, 3.05) is 0 Å². The zero-order valence-electron chi connectivity index (χ0n) is 9.97. The van der Waals surface area contributed by atoms with Crippen molar-refractivity contribution in [1.82, 2.24) is 14.6 Å². The maximum atomic E-state index is 4.40. The molecule has 0 saturated heterocycles. The second kappa shape index (κ2) is 5.49. The van der Waals surface area contributed by atoms with E-state index in [0.717, 1.165) is 22.5 Å². The van der Waals surface area contributed by atoms with Crippen LogP contribution in [0, 0.1) is 0 Å². The summed E-state index contributed by atoms with van der Waals surface area (Å²) >= 11 is 1.35. The van der Waals surface area contributed by atoms with Gasteiger partial charge < -0.3 is 0 Å². The molecule has 0 spiro atoms. The number of rotatable bonds is 3. The fraction of sp³-hybridized carbons (Fsp3) is 0. The molecule has 5 heteroatoms. The highest BCUT2D eigenvalue weighted by atomic mass is 32.1. The molecule has 2 heterocycles. The van der Waals surface area contributed by atoms with Gasteiger partial charge in [0.25, 0.3) is 0 Å². The molecule has 3 rings (SSSR count).